The van der Waals surface area contributed by atoms with Gasteiger partial charge >= 0.3 is 0 Å². The van der Waals surface area contributed by atoms with Gasteiger partial charge in [0.05, 0.1) is 16.4 Å². The molecule has 0 aliphatic carbocycles. The van der Waals surface area contributed by atoms with Crippen molar-refractivity contribution in [3.63, 3.8) is 0 Å². The minimum atomic E-state index is 0.533. The van der Waals surface area contributed by atoms with Crippen molar-refractivity contribution in [2.75, 3.05) is 5.33 Å². The van der Waals surface area contributed by atoms with Crippen LogP contribution < -0.4 is 5.32 Å². The molecule has 0 aromatic carbocycles. The van der Waals surface area contributed by atoms with Crippen molar-refractivity contribution in [3.8, 4) is 0 Å². The quantitative estimate of drug-likeness (QED) is 0.781. The summed E-state index contributed by atoms with van der Waals surface area (Å²) in [6, 6.07) is 0.533. The van der Waals surface area contributed by atoms with E-state index in [-0.39, 0.29) is 0 Å². The van der Waals surface area contributed by atoms with Gasteiger partial charge in [-0.3, -0.25) is 4.68 Å². The average Bonchev–Trinajstić information content (AvgIpc) is 2.60. The predicted molar refractivity (Wildman–Crippen MR) is 76.9 cm³/mol. The van der Waals surface area contributed by atoms with E-state index in [1.54, 1.807) is 0 Å². The van der Waals surface area contributed by atoms with Gasteiger partial charge in [-0.2, -0.15) is 5.10 Å². The third-order valence-electron chi connectivity index (χ3n) is 3.01. The largest absolute Gasteiger partial charge is 0.308 e. The van der Waals surface area contributed by atoms with Crippen molar-refractivity contribution in [2.45, 2.75) is 45.7 Å². The number of nitrogens with one attached hydrogen (secondary N) is 1. The summed E-state index contributed by atoms with van der Waals surface area (Å²) >= 11 is 9.78. The Hall–Kier alpha value is -0.0600. The van der Waals surface area contributed by atoms with Crippen LogP contribution in [0.5, 0.6) is 0 Å². The Morgan fingerprint density at radius 1 is 1.47 bits per heavy atom. The van der Waals surface area contributed by atoms with Gasteiger partial charge < -0.3 is 5.32 Å². The lowest BCUT2D eigenvalue weighted by Crippen LogP contribution is -2.29. The first-order valence-electron chi connectivity index (χ1n) is 6.13. The second-order valence-corrected chi connectivity index (χ2v) is 5.32. The number of hydrogen-bond acceptors (Lipinski definition) is 2. The van der Waals surface area contributed by atoms with Crippen LogP contribution in [0.4, 0.5) is 0 Å². The lowest BCUT2D eigenvalue weighted by Gasteiger charge is -2.15. The van der Waals surface area contributed by atoms with Gasteiger partial charge in [0, 0.05) is 25.0 Å². The molecule has 0 spiro atoms. The Balaban J connectivity index is 2.65. The van der Waals surface area contributed by atoms with Gasteiger partial charge in [-0.15, -0.1) is 0 Å². The van der Waals surface area contributed by atoms with Crippen LogP contribution in [0.1, 0.15) is 38.1 Å². The smallest absolute Gasteiger partial charge is 0.0863 e. The van der Waals surface area contributed by atoms with E-state index in [1.807, 2.05) is 11.7 Å². The molecule has 1 aromatic heterocycles. The van der Waals surface area contributed by atoms with E-state index in [0.29, 0.717) is 6.04 Å². The zero-order chi connectivity index (χ0) is 12.8. The van der Waals surface area contributed by atoms with E-state index in [9.17, 15) is 0 Å². The Kier molecular flexibility index (Phi) is 6.52. The summed E-state index contributed by atoms with van der Waals surface area (Å²) in [5, 5.41) is 9.79. The minimum absolute atomic E-state index is 0.533. The fraction of sp³-hybridized carbons (Fsp3) is 0.750. The Morgan fingerprint density at radius 2 is 2.18 bits per heavy atom. The summed E-state index contributed by atoms with van der Waals surface area (Å²) in [6.45, 7) is 5.06. The number of alkyl halides is 1. The van der Waals surface area contributed by atoms with Crippen LogP contribution >= 0.6 is 27.5 Å². The molecule has 5 heteroatoms. The summed E-state index contributed by atoms with van der Waals surface area (Å²) in [6.07, 6.45) is 3.14. The number of aryl methyl sites for hydroxylation is 2. The maximum Gasteiger partial charge on any atom is 0.0863 e. The fourth-order valence-electron chi connectivity index (χ4n) is 1.84. The summed E-state index contributed by atoms with van der Waals surface area (Å²) in [5.74, 6) is 0. The Bertz CT molecular complexity index is 352. The lowest BCUT2D eigenvalue weighted by atomic mass is 10.1. The van der Waals surface area contributed by atoms with Gasteiger partial charge in [0.1, 0.15) is 0 Å². The Labute approximate surface area is 117 Å². The molecular formula is C12H21BrClN3. The van der Waals surface area contributed by atoms with Crippen LogP contribution in [0.15, 0.2) is 0 Å². The van der Waals surface area contributed by atoms with Crippen molar-refractivity contribution in [2.24, 2.45) is 7.05 Å². The highest BCUT2D eigenvalue weighted by atomic mass is 79.9. The van der Waals surface area contributed by atoms with Crippen molar-refractivity contribution in [1.29, 1.82) is 0 Å². The molecule has 1 heterocycles. The zero-order valence-electron chi connectivity index (χ0n) is 10.8. The second-order valence-electron chi connectivity index (χ2n) is 4.15. The van der Waals surface area contributed by atoms with Crippen molar-refractivity contribution >= 4 is 27.5 Å². The summed E-state index contributed by atoms with van der Waals surface area (Å²) in [5.41, 5.74) is 2.07. The maximum atomic E-state index is 6.30. The van der Waals surface area contributed by atoms with Crippen LogP contribution in [0.25, 0.3) is 0 Å². The van der Waals surface area contributed by atoms with Gasteiger partial charge in [0.2, 0.25) is 0 Å². The average molecular weight is 323 g/mol. The summed E-state index contributed by atoms with van der Waals surface area (Å²) in [7, 11) is 1.95. The molecule has 0 fully saturated rings. The maximum absolute atomic E-state index is 6.30. The molecule has 0 aliphatic rings. The SMILES string of the molecule is CCc1nn(C)c(CNC(CC)CCBr)c1Cl. The summed E-state index contributed by atoms with van der Waals surface area (Å²) in [4.78, 5) is 0. The third-order valence-corrected chi connectivity index (χ3v) is 3.91. The van der Waals surface area contributed by atoms with Crippen LogP contribution in [-0.4, -0.2) is 21.2 Å². The van der Waals surface area contributed by atoms with Gasteiger partial charge in [0.25, 0.3) is 0 Å². The first-order valence-corrected chi connectivity index (χ1v) is 7.63. The van der Waals surface area contributed by atoms with E-state index in [1.165, 1.54) is 0 Å². The number of aromatic nitrogens is 2. The summed E-state index contributed by atoms with van der Waals surface area (Å²) < 4.78 is 1.88. The van der Waals surface area contributed by atoms with Gasteiger partial charge in [-0.1, -0.05) is 41.4 Å². The van der Waals surface area contributed by atoms with Crippen LogP contribution in [0.3, 0.4) is 0 Å². The monoisotopic (exact) mass is 321 g/mol. The molecule has 1 rings (SSSR count). The molecule has 0 aliphatic heterocycles. The first-order chi connectivity index (χ1) is 8.13. The molecule has 98 valence electrons. The van der Waals surface area contributed by atoms with Crippen LogP contribution in [-0.2, 0) is 20.0 Å². The number of nitrogens with zero attached hydrogens (tertiary/aromatic N) is 2. The van der Waals surface area contributed by atoms with Crippen LogP contribution in [0.2, 0.25) is 5.02 Å². The number of hydrogen-bond donors (Lipinski definition) is 1. The molecule has 0 saturated carbocycles. The van der Waals surface area contributed by atoms with Gasteiger partial charge in [0.15, 0.2) is 0 Å². The highest BCUT2D eigenvalue weighted by Crippen LogP contribution is 2.20. The molecule has 1 atom stereocenters. The molecule has 17 heavy (non-hydrogen) atoms. The van der Waals surface area contributed by atoms with E-state index in [2.05, 4.69) is 40.2 Å². The normalized spacial score (nSPS) is 13.0. The highest BCUT2D eigenvalue weighted by molar-refractivity contribution is 9.09. The molecule has 0 saturated heterocycles. The minimum Gasteiger partial charge on any atom is -0.308 e. The highest BCUT2D eigenvalue weighted by Gasteiger charge is 2.14. The molecule has 1 aromatic rings. The molecule has 0 amide bonds. The first kappa shape index (κ1) is 15.0. The van der Waals surface area contributed by atoms with E-state index in [0.717, 1.165) is 47.5 Å². The van der Waals surface area contributed by atoms with Crippen molar-refractivity contribution in [3.05, 3.63) is 16.4 Å². The second kappa shape index (κ2) is 7.39. The van der Waals surface area contributed by atoms with Crippen molar-refractivity contribution < 1.29 is 0 Å². The fourth-order valence-corrected chi connectivity index (χ4v) is 2.75. The van der Waals surface area contributed by atoms with E-state index in [4.69, 9.17) is 11.6 Å². The van der Waals surface area contributed by atoms with Crippen LogP contribution in [0, 0.1) is 0 Å². The number of rotatable bonds is 7. The topological polar surface area (TPSA) is 29.9 Å². The number of halogens is 2. The standard InChI is InChI=1S/C12H21BrClN3/c1-4-9(6-7-13)15-8-11-12(14)10(5-2)16-17(11)3/h9,15H,4-8H2,1-3H3. The van der Waals surface area contributed by atoms with Gasteiger partial charge in [-0.05, 0) is 19.3 Å². The molecule has 0 bridgehead atoms. The molecule has 3 nitrogen and oxygen atoms in total. The third kappa shape index (κ3) is 3.97. The predicted octanol–water partition coefficient (Wildman–Crippen LogP) is 3.29. The van der Waals surface area contributed by atoms with E-state index >= 15 is 0 Å². The van der Waals surface area contributed by atoms with Crippen molar-refractivity contribution in [1.82, 2.24) is 15.1 Å². The van der Waals surface area contributed by atoms with E-state index < -0.39 is 0 Å². The lowest BCUT2D eigenvalue weighted by molar-refractivity contribution is 0.476. The molecular weight excluding hydrogens is 302 g/mol. The molecule has 1 unspecified atom stereocenters. The van der Waals surface area contributed by atoms with Gasteiger partial charge in [-0.25, -0.2) is 0 Å². The Morgan fingerprint density at radius 3 is 2.65 bits per heavy atom. The zero-order valence-corrected chi connectivity index (χ0v) is 13.1. The molecule has 1 N–H and O–H groups in total. The molecule has 0 radical (unpaired) electrons.